The molecule has 1 amide bonds. The van der Waals surface area contributed by atoms with Gasteiger partial charge in [0.25, 0.3) is 5.56 Å². The lowest BCUT2D eigenvalue weighted by Crippen LogP contribution is -2.37. The predicted molar refractivity (Wildman–Crippen MR) is 97.4 cm³/mol. The Kier molecular flexibility index (Phi) is 4.52. The van der Waals surface area contributed by atoms with Gasteiger partial charge in [0.15, 0.2) is 21.5 Å². The molecule has 0 bridgehead atoms. The molecule has 0 aromatic carbocycles. The van der Waals surface area contributed by atoms with Crippen molar-refractivity contribution < 1.29 is 4.79 Å². The van der Waals surface area contributed by atoms with E-state index in [0.717, 1.165) is 10.3 Å². The number of hydrogen-bond donors (Lipinski definition) is 1. The SMILES string of the molecule is Cc1csc(NC(=O)CSc2nc3c(=O)n(C)c(=O)n(C)c3n2C)n1. The second-order valence-corrected chi connectivity index (χ2v) is 7.26. The highest BCUT2D eigenvalue weighted by Crippen LogP contribution is 2.21. The molecule has 25 heavy (non-hydrogen) atoms. The Bertz CT molecular complexity index is 1090. The summed E-state index contributed by atoms with van der Waals surface area (Å²) in [5.74, 6) is -0.0995. The molecule has 0 saturated carbocycles. The standard InChI is InChI=1S/C14H16N6O3S2/c1-7-5-24-12(15-7)16-8(21)6-25-13-17-9-10(18(13)2)19(3)14(23)20(4)11(9)22/h5H,6H2,1-4H3,(H,15,16,21). The maximum absolute atomic E-state index is 12.2. The lowest BCUT2D eigenvalue weighted by Gasteiger charge is -2.06. The summed E-state index contributed by atoms with van der Waals surface area (Å²) in [5.41, 5.74) is 0.592. The van der Waals surface area contributed by atoms with Crippen molar-refractivity contribution in [1.29, 1.82) is 0 Å². The summed E-state index contributed by atoms with van der Waals surface area (Å²) in [6.45, 7) is 1.85. The number of carbonyl (C=O) groups excluding carboxylic acids is 1. The predicted octanol–water partition coefficient (Wildman–Crippen LogP) is 0.466. The third kappa shape index (κ3) is 3.12. The van der Waals surface area contributed by atoms with Crippen LogP contribution in [-0.4, -0.2) is 35.3 Å². The molecule has 0 fully saturated rings. The number of aromatic nitrogens is 5. The van der Waals surface area contributed by atoms with Crippen molar-refractivity contribution >= 4 is 45.3 Å². The molecule has 0 radical (unpaired) electrons. The maximum atomic E-state index is 12.2. The van der Waals surface area contributed by atoms with Crippen LogP contribution in [0.3, 0.4) is 0 Å². The molecule has 3 heterocycles. The number of aryl methyl sites for hydroxylation is 3. The summed E-state index contributed by atoms with van der Waals surface area (Å²) in [5, 5.41) is 5.60. The van der Waals surface area contributed by atoms with Gasteiger partial charge < -0.3 is 9.88 Å². The van der Waals surface area contributed by atoms with Gasteiger partial charge in [-0.05, 0) is 6.92 Å². The summed E-state index contributed by atoms with van der Waals surface area (Å²) in [7, 11) is 4.70. The van der Waals surface area contributed by atoms with Gasteiger partial charge >= 0.3 is 5.69 Å². The van der Waals surface area contributed by atoms with Crippen LogP contribution in [0.15, 0.2) is 20.1 Å². The van der Waals surface area contributed by atoms with Crippen LogP contribution in [0.4, 0.5) is 5.13 Å². The number of anilines is 1. The van der Waals surface area contributed by atoms with Crippen molar-refractivity contribution in [2.45, 2.75) is 12.1 Å². The minimum atomic E-state index is -0.455. The molecule has 0 unspecified atom stereocenters. The van der Waals surface area contributed by atoms with E-state index in [1.54, 1.807) is 18.7 Å². The quantitative estimate of drug-likeness (QED) is 0.660. The first-order chi connectivity index (χ1) is 11.8. The molecular weight excluding hydrogens is 364 g/mol. The Morgan fingerprint density at radius 3 is 2.56 bits per heavy atom. The van der Waals surface area contributed by atoms with Gasteiger partial charge in [-0.2, -0.15) is 0 Å². The fourth-order valence-electron chi connectivity index (χ4n) is 2.38. The highest BCUT2D eigenvalue weighted by Gasteiger charge is 2.18. The first-order valence-corrected chi connectivity index (χ1v) is 9.13. The number of nitrogens with zero attached hydrogens (tertiary/aromatic N) is 5. The van der Waals surface area contributed by atoms with Crippen molar-refractivity contribution in [3.05, 3.63) is 31.9 Å². The van der Waals surface area contributed by atoms with Crippen LogP contribution in [0.2, 0.25) is 0 Å². The van der Waals surface area contributed by atoms with Gasteiger partial charge in [-0.25, -0.2) is 14.8 Å². The molecule has 0 spiro atoms. The number of thiazole rings is 1. The van der Waals surface area contributed by atoms with Gasteiger partial charge in [-0.3, -0.25) is 18.7 Å². The monoisotopic (exact) mass is 380 g/mol. The third-order valence-electron chi connectivity index (χ3n) is 3.62. The number of amides is 1. The zero-order chi connectivity index (χ0) is 18.3. The van der Waals surface area contributed by atoms with Crippen molar-refractivity contribution in [3.63, 3.8) is 0 Å². The van der Waals surface area contributed by atoms with Crippen LogP contribution in [-0.2, 0) is 25.9 Å². The number of carbonyl (C=O) groups is 1. The molecule has 0 atom stereocenters. The molecule has 9 nitrogen and oxygen atoms in total. The molecule has 3 rings (SSSR count). The second kappa shape index (κ2) is 6.48. The Hall–Kier alpha value is -2.40. The molecule has 0 aliphatic rings. The molecule has 1 N–H and O–H groups in total. The summed E-state index contributed by atoms with van der Waals surface area (Å²) in [4.78, 5) is 44.8. The molecule has 132 valence electrons. The van der Waals surface area contributed by atoms with Crippen molar-refractivity contribution in [1.82, 2.24) is 23.7 Å². The van der Waals surface area contributed by atoms with Crippen molar-refractivity contribution in [3.8, 4) is 0 Å². The number of thioether (sulfide) groups is 1. The number of imidazole rings is 1. The van der Waals surface area contributed by atoms with Gasteiger partial charge in [0, 0.05) is 26.5 Å². The van der Waals surface area contributed by atoms with Gasteiger partial charge in [0.1, 0.15) is 0 Å². The second-order valence-electron chi connectivity index (χ2n) is 5.46. The minimum Gasteiger partial charge on any atom is -0.308 e. The maximum Gasteiger partial charge on any atom is 0.332 e. The van der Waals surface area contributed by atoms with E-state index in [1.807, 2.05) is 12.3 Å². The molecule has 11 heteroatoms. The van der Waals surface area contributed by atoms with Crippen LogP contribution < -0.4 is 16.6 Å². The fraction of sp³-hybridized carbons (Fsp3) is 0.357. The average molecular weight is 380 g/mol. The van der Waals surface area contributed by atoms with E-state index < -0.39 is 11.2 Å². The Morgan fingerprint density at radius 2 is 1.92 bits per heavy atom. The van der Waals surface area contributed by atoms with E-state index in [4.69, 9.17) is 0 Å². The molecular formula is C14H16N6O3S2. The Balaban J connectivity index is 1.85. The first kappa shape index (κ1) is 17.4. The lowest BCUT2D eigenvalue weighted by atomic mass is 10.5. The molecule has 0 aliphatic heterocycles. The highest BCUT2D eigenvalue weighted by molar-refractivity contribution is 7.99. The van der Waals surface area contributed by atoms with E-state index in [1.165, 1.54) is 34.7 Å². The molecule has 3 aromatic rings. The number of hydrogen-bond acceptors (Lipinski definition) is 7. The third-order valence-corrected chi connectivity index (χ3v) is 5.53. The summed E-state index contributed by atoms with van der Waals surface area (Å²) in [6, 6.07) is 0. The first-order valence-electron chi connectivity index (χ1n) is 7.26. The van der Waals surface area contributed by atoms with Gasteiger partial charge in [-0.1, -0.05) is 11.8 Å². The van der Waals surface area contributed by atoms with Crippen LogP contribution in [0.5, 0.6) is 0 Å². The molecule has 0 aliphatic carbocycles. The summed E-state index contributed by atoms with van der Waals surface area (Å²) in [6.07, 6.45) is 0. The van der Waals surface area contributed by atoms with E-state index in [0.29, 0.717) is 15.9 Å². The Labute approximate surface area is 150 Å². The summed E-state index contributed by atoms with van der Waals surface area (Å²) >= 11 is 2.55. The van der Waals surface area contributed by atoms with E-state index in [2.05, 4.69) is 15.3 Å². The number of rotatable bonds is 4. The average Bonchev–Trinajstić information content (AvgIpc) is 3.12. The number of fused-ring (bicyclic) bond motifs is 1. The number of nitrogens with one attached hydrogen (secondary N) is 1. The molecule has 0 saturated heterocycles. The fourth-order valence-corrected chi connectivity index (χ4v) is 3.86. The zero-order valence-electron chi connectivity index (χ0n) is 14.1. The van der Waals surface area contributed by atoms with Crippen molar-refractivity contribution in [2.24, 2.45) is 21.1 Å². The van der Waals surface area contributed by atoms with Crippen LogP contribution in [0.25, 0.3) is 11.2 Å². The largest absolute Gasteiger partial charge is 0.332 e. The van der Waals surface area contributed by atoms with Gasteiger partial charge in [0.2, 0.25) is 5.91 Å². The topological polar surface area (TPSA) is 104 Å². The van der Waals surface area contributed by atoms with E-state index in [-0.39, 0.29) is 17.2 Å². The van der Waals surface area contributed by atoms with Crippen molar-refractivity contribution in [2.75, 3.05) is 11.1 Å². The normalized spacial score (nSPS) is 11.2. The van der Waals surface area contributed by atoms with Gasteiger partial charge in [0.05, 0.1) is 11.4 Å². The Morgan fingerprint density at radius 1 is 1.20 bits per heavy atom. The van der Waals surface area contributed by atoms with E-state index >= 15 is 0 Å². The highest BCUT2D eigenvalue weighted by atomic mass is 32.2. The lowest BCUT2D eigenvalue weighted by molar-refractivity contribution is -0.113. The minimum absolute atomic E-state index is 0.115. The summed E-state index contributed by atoms with van der Waals surface area (Å²) < 4.78 is 4.02. The smallest absolute Gasteiger partial charge is 0.308 e. The zero-order valence-corrected chi connectivity index (χ0v) is 15.7. The van der Waals surface area contributed by atoms with Gasteiger partial charge in [-0.15, -0.1) is 11.3 Å². The van der Waals surface area contributed by atoms with E-state index in [9.17, 15) is 14.4 Å². The molecule has 3 aromatic heterocycles. The van der Waals surface area contributed by atoms with Crippen LogP contribution in [0, 0.1) is 6.92 Å². The van der Waals surface area contributed by atoms with Crippen LogP contribution >= 0.6 is 23.1 Å². The van der Waals surface area contributed by atoms with Crippen LogP contribution in [0.1, 0.15) is 5.69 Å².